The minimum atomic E-state index is -3.48. The Morgan fingerprint density at radius 2 is 0.812 bits per heavy atom. The number of nitrogens with zero attached hydrogens (tertiary/aromatic N) is 2. The lowest BCUT2D eigenvalue weighted by Gasteiger charge is -2.24. The van der Waals surface area contributed by atoms with Crippen molar-refractivity contribution in [2.24, 2.45) is 17.8 Å². The molecule has 80 heavy (non-hydrogen) atoms. The van der Waals surface area contributed by atoms with Gasteiger partial charge in [-0.15, -0.1) is 0 Å². The third-order valence-electron chi connectivity index (χ3n) is 14.9. The van der Waals surface area contributed by atoms with E-state index in [-0.39, 0.29) is 47.9 Å². The molecular weight excluding hydrogens is 1070 g/mol. The summed E-state index contributed by atoms with van der Waals surface area (Å²) in [7, 11) is -6.60. The van der Waals surface area contributed by atoms with Crippen LogP contribution in [0.5, 0.6) is 0 Å². The number of para-hydroxylation sites is 3. The molecule has 14 heteroatoms. The average Bonchev–Trinajstić information content (AvgIpc) is 4.17. The van der Waals surface area contributed by atoms with Gasteiger partial charge in [-0.1, -0.05) is 165 Å². The fourth-order valence-electron chi connectivity index (χ4n) is 11.1. The summed E-state index contributed by atoms with van der Waals surface area (Å²) >= 11 is 3.63. The average molecular weight is 1150 g/mol. The molecule has 3 heterocycles. The van der Waals surface area contributed by atoms with Crippen LogP contribution in [0.4, 0.5) is 0 Å². The first-order valence-corrected chi connectivity index (χ1v) is 33.6. The molecule has 10 nitrogen and oxygen atoms in total. The number of benzene rings is 6. The van der Waals surface area contributed by atoms with Gasteiger partial charge in [0.15, 0.2) is 9.84 Å². The van der Waals surface area contributed by atoms with E-state index < -0.39 is 20.0 Å². The minimum absolute atomic E-state index is 0.00718. The molecule has 0 fully saturated rings. The highest BCUT2D eigenvalue weighted by molar-refractivity contribution is 7.98. The van der Waals surface area contributed by atoms with Crippen molar-refractivity contribution in [3.8, 4) is 12.1 Å². The van der Waals surface area contributed by atoms with Gasteiger partial charge >= 0.3 is 0 Å². The lowest BCUT2D eigenvalue weighted by atomic mass is 9.80. The molecule has 3 aromatic heterocycles. The van der Waals surface area contributed by atoms with E-state index in [2.05, 4.69) is 196 Å². The Bertz CT molecular complexity index is 3810. The summed E-state index contributed by atoms with van der Waals surface area (Å²) < 4.78 is 51.8. The van der Waals surface area contributed by atoms with Gasteiger partial charge in [-0.3, -0.25) is 4.18 Å². The number of aromatic nitrogens is 3. The highest BCUT2D eigenvalue weighted by Crippen LogP contribution is 2.42. The molecule has 0 amide bonds. The summed E-state index contributed by atoms with van der Waals surface area (Å²) in [5.74, 6) is 2.64. The van der Waals surface area contributed by atoms with Crippen LogP contribution >= 0.6 is 23.5 Å². The molecule has 3 N–H and O–H groups in total. The summed E-state index contributed by atoms with van der Waals surface area (Å²) in [4.78, 5) is 10.3. The maximum atomic E-state index is 11.8. The SMILES string of the molecule is CSCc1cccc2c(C(c3ccc(C)cc3)C(C)CC#N)c[nH]c12.CSCc1cccc2c(C(c3ccc(C)cc3)C(C)COS(C)(=O)=O)c[nH]c12.Cc1ccc(C(c2c[nH]c3c(CS(C)(=O)=O)cccc23)C(C)CC#N)cc1. The second-order valence-electron chi connectivity index (χ2n) is 21.5. The molecule has 0 saturated carbocycles. The molecule has 0 aliphatic carbocycles. The number of fused-ring (bicyclic) bond motifs is 3. The smallest absolute Gasteiger partial charge is 0.264 e. The molecule has 0 saturated heterocycles. The number of H-pyrrole nitrogens is 3. The molecule has 0 spiro atoms. The summed E-state index contributed by atoms with van der Waals surface area (Å²) in [5, 5.41) is 22.0. The van der Waals surface area contributed by atoms with Gasteiger partial charge in [-0.2, -0.15) is 42.5 Å². The van der Waals surface area contributed by atoms with E-state index in [1.807, 2.05) is 43.1 Å². The monoisotopic (exact) mass is 1150 g/mol. The Morgan fingerprint density at radius 1 is 0.487 bits per heavy atom. The van der Waals surface area contributed by atoms with E-state index in [4.69, 9.17) is 4.18 Å². The van der Waals surface area contributed by atoms with Crippen molar-refractivity contribution in [2.75, 3.05) is 31.6 Å². The third-order valence-corrected chi connectivity index (χ3v) is 17.5. The van der Waals surface area contributed by atoms with Gasteiger partial charge < -0.3 is 15.0 Å². The van der Waals surface area contributed by atoms with Crippen LogP contribution in [0, 0.1) is 61.2 Å². The number of sulfone groups is 1. The Morgan fingerprint density at radius 3 is 1.12 bits per heavy atom. The van der Waals surface area contributed by atoms with Gasteiger partial charge in [0.2, 0.25) is 0 Å². The van der Waals surface area contributed by atoms with Gasteiger partial charge in [-0.25, -0.2) is 8.42 Å². The molecule has 0 bridgehead atoms. The predicted octanol–water partition coefficient (Wildman–Crippen LogP) is 15.8. The van der Waals surface area contributed by atoms with Gasteiger partial charge in [0.1, 0.15) is 0 Å². The maximum Gasteiger partial charge on any atom is 0.264 e. The molecule has 6 aromatic carbocycles. The number of rotatable bonds is 20. The van der Waals surface area contributed by atoms with Crippen LogP contribution in [-0.2, 0) is 41.4 Å². The van der Waals surface area contributed by atoms with Crippen molar-refractivity contribution in [3.05, 3.63) is 213 Å². The van der Waals surface area contributed by atoms with Crippen LogP contribution in [0.15, 0.2) is 146 Å². The molecule has 9 rings (SSSR count). The van der Waals surface area contributed by atoms with Crippen molar-refractivity contribution in [1.82, 2.24) is 15.0 Å². The van der Waals surface area contributed by atoms with Crippen LogP contribution in [0.3, 0.4) is 0 Å². The standard InChI is InChI=1S/C22H24N2O2S.C22H24N2S.C22H27NO3S2/c1-15-7-9-17(10-8-15)21(16(2)11-12-23)20-13-24-22-18(14-27(3,25)26)5-4-6-19(20)22;1-15-7-9-17(10-8-15)21(16(2)11-12-23)20-13-24-22-18(14-25-3)5-4-6-19(20)22;1-15-8-10-17(11-9-15)21(16(2)13-26-28(4,24)25)20-12-23-22-18(14-27-3)6-5-7-19(20)22/h4-10,13,16,21,24H,11,14H2,1-3H3;4-10,13,16,21,24H,11,14H2,1-3H3;5-12,16,21,23H,13-14H2,1-4H3. The van der Waals surface area contributed by atoms with Gasteiger partial charge in [-0.05, 0) is 101 Å². The molecule has 6 atom stereocenters. The fourth-order valence-corrected chi connectivity index (χ4v) is 13.4. The zero-order valence-electron chi connectivity index (χ0n) is 47.6. The van der Waals surface area contributed by atoms with Crippen molar-refractivity contribution >= 4 is 76.2 Å². The largest absolute Gasteiger partial charge is 0.361 e. The van der Waals surface area contributed by atoms with E-state index in [1.165, 1.54) is 67.1 Å². The van der Waals surface area contributed by atoms with Gasteiger partial charge in [0, 0.05) is 99.7 Å². The highest BCUT2D eigenvalue weighted by atomic mass is 32.2. The number of thioether (sulfide) groups is 2. The second kappa shape index (κ2) is 27.8. The Balaban J connectivity index is 0.000000174. The quantitative estimate of drug-likeness (QED) is 0.0628. The number of hydrogen-bond donors (Lipinski definition) is 3. The number of nitriles is 2. The molecule has 9 aromatic rings. The fraction of sp³-hybridized carbons (Fsp3) is 0.333. The van der Waals surface area contributed by atoms with E-state index in [9.17, 15) is 27.4 Å². The van der Waals surface area contributed by atoms with Crippen molar-refractivity contribution in [1.29, 1.82) is 10.5 Å². The number of nitrogens with one attached hydrogen (secondary N) is 3. The van der Waals surface area contributed by atoms with Crippen LogP contribution in [0.1, 0.15) is 118 Å². The van der Waals surface area contributed by atoms with Crippen molar-refractivity contribution in [3.63, 3.8) is 0 Å². The normalized spacial score (nSPS) is 13.9. The Kier molecular flexibility index (Phi) is 21.2. The van der Waals surface area contributed by atoms with E-state index in [0.29, 0.717) is 12.8 Å². The van der Waals surface area contributed by atoms with Crippen LogP contribution in [-0.4, -0.2) is 63.4 Å². The van der Waals surface area contributed by atoms with Gasteiger partial charge in [0.05, 0.1) is 30.8 Å². The predicted molar refractivity (Wildman–Crippen MR) is 336 cm³/mol. The molecule has 0 aliphatic heterocycles. The van der Waals surface area contributed by atoms with E-state index in [1.54, 1.807) is 11.8 Å². The van der Waals surface area contributed by atoms with E-state index >= 15 is 0 Å². The lowest BCUT2D eigenvalue weighted by Crippen LogP contribution is -2.19. The highest BCUT2D eigenvalue weighted by Gasteiger charge is 2.28. The Labute approximate surface area is 483 Å². The lowest BCUT2D eigenvalue weighted by molar-refractivity contribution is 0.254. The topological polar surface area (TPSA) is 172 Å². The zero-order valence-corrected chi connectivity index (χ0v) is 50.9. The first-order valence-electron chi connectivity index (χ1n) is 27.0. The minimum Gasteiger partial charge on any atom is -0.361 e. The number of hydrogen-bond acceptors (Lipinski definition) is 9. The number of aromatic amines is 3. The van der Waals surface area contributed by atoms with Crippen LogP contribution in [0.2, 0.25) is 0 Å². The summed E-state index contributed by atoms with van der Waals surface area (Å²) in [6.45, 7) is 12.7. The maximum absolute atomic E-state index is 11.8. The summed E-state index contributed by atoms with van der Waals surface area (Å²) in [6, 6.07) is 48.9. The first kappa shape index (κ1) is 61.1. The van der Waals surface area contributed by atoms with Crippen molar-refractivity contribution in [2.45, 2.75) is 89.4 Å². The van der Waals surface area contributed by atoms with Gasteiger partial charge in [0.25, 0.3) is 10.1 Å². The van der Waals surface area contributed by atoms with Crippen LogP contribution in [0.25, 0.3) is 32.7 Å². The molecule has 6 unspecified atom stereocenters. The first-order chi connectivity index (χ1) is 38.2. The summed E-state index contributed by atoms with van der Waals surface area (Å²) in [6.07, 6.45) is 13.8. The molecule has 0 aliphatic rings. The molecular formula is C66H75N5O5S4. The van der Waals surface area contributed by atoms with E-state index in [0.717, 1.165) is 56.4 Å². The second-order valence-corrected chi connectivity index (χ2v) is 27.0. The molecule has 418 valence electrons. The van der Waals surface area contributed by atoms with Crippen molar-refractivity contribution < 1.29 is 21.0 Å². The molecule has 0 radical (unpaired) electrons. The zero-order chi connectivity index (χ0) is 57.7. The summed E-state index contributed by atoms with van der Waals surface area (Å²) in [5.41, 5.74) is 17.5. The number of aryl methyl sites for hydroxylation is 3. The third kappa shape index (κ3) is 15.5. The van der Waals surface area contributed by atoms with Crippen LogP contribution < -0.4 is 0 Å². The Hall–Kier alpha value is -6.52.